The topological polar surface area (TPSA) is 98.1 Å². The number of aromatic nitrogens is 3. The second kappa shape index (κ2) is 4.91. The third kappa shape index (κ3) is 2.68. The van der Waals surface area contributed by atoms with Gasteiger partial charge in [-0.05, 0) is 35.0 Å². The van der Waals surface area contributed by atoms with Crippen molar-refractivity contribution >= 4 is 15.9 Å². The van der Waals surface area contributed by atoms with Gasteiger partial charge in [-0.2, -0.15) is 4.98 Å². The highest BCUT2D eigenvalue weighted by Crippen LogP contribution is 2.18. The zero-order valence-corrected chi connectivity index (χ0v) is 10.6. The van der Waals surface area contributed by atoms with Crippen LogP contribution in [0.2, 0.25) is 0 Å². The minimum Gasteiger partial charge on any atom is -0.391 e. The number of nitrogens with zero attached hydrogens (tertiary/aromatic N) is 3. The maximum atomic E-state index is 9.32. The number of hydrogen-bond donors (Lipinski definition) is 2. The predicted molar refractivity (Wildman–Crippen MR) is 63.8 cm³/mol. The van der Waals surface area contributed by atoms with E-state index >= 15 is 0 Å². The fourth-order valence-electron chi connectivity index (χ4n) is 1.19. The van der Waals surface area contributed by atoms with Crippen molar-refractivity contribution < 1.29 is 9.63 Å². The lowest BCUT2D eigenvalue weighted by Crippen LogP contribution is -2.23. The molecule has 2 unspecified atom stereocenters. The van der Waals surface area contributed by atoms with Gasteiger partial charge < -0.3 is 15.4 Å². The first-order valence-corrected chi connectivity index (χ1v) is 5.76. The Bertz CT molecular complexity index is 497. The Balaban J connectivity index is 2.26. The predicted octanol–water partition coefficient (Wildman–Crippen LogP) is 1.27. The molecular formula is C10H11BrN4O2. The molecule has 0 radical (unpaired) electrons. The van der Waals surface area contributed by atoms with E-state index in [-0.39, 0.29) is 5.89 Å². The Hall–Kier alpha value is -1.31. The Kier molecular flexibility index (Phi) is 3.51. The monoisotopic (exact) mass is 298 g/mol. The summed E-state index contributed by atoms with van der Waals surface area (Å²) >= 11 is 3.29. The molecule has 90 valence electrons. The number of hydrogen-bond acceptors (Lipinski definition) is 6. The Morgan fingerprint density at radius 2 is 2.24 bits per heavy atom. The van der Waals surface area contributed by atoms with Gasteiger partial charge >= 0.3 is 0 Å². The molecule has 0 aliphatic heterocycles. The maximum Gasteiger partial charge on any atom is 0.246 e. The molecule has 2 heterocycles. The van der Waals surface area contributed by atoms with E-state index in [1.54, 1.807) is 19.2 Å². The van der Waals surface area contributed by atoms with Crippen molar-refractivity contribution in [2.24, 2.45) is 5.73 Å². The van der Waals surface area contributed by atoms with Crippen LogP contribution in [0.3, 0.4) is 0 Å². The van der Waals surface area contributed by atoms with Crippen LogP contribution in [0.5, 0.6) is 0 Å². The summed E-state index contributed by atoms with van der Waals surface area (Å²) in [6.07, 6.45) is 0.890. The van der Waals surface area contributed by atoms with Crippen LogP contribution in [0.4, 0.5) is 0 Å². The molecule has 0 aromatic carbocycles. The van der Waals surface area contributed by atoms with Crippen LogP contribution >= 0.6 is 15.9 Å². The molecular weight excluding hydrogens is 288 g/mol. The zero-order valence-electron chi connectivity index (χ0n) is 9.04. The van der Waals surface area contributed by atoms with Gasteiger partial charge in [0.25, 0.3) is 0 Å². The molecule has 0 aliphatic carbocycles. The molecule has 6 nitrogen and oxygen atoms in total. The Morgan fingerprint density at radius 1 is 1.47 bits per heavy atom. The molecule has 2 aromatic heterocycles. The molecule has 17 heavy (non-hydrogen) atoms. The molecule has 0 spiro atoms. The summed E-state index contributed by atoms with van der Waals surface area (Å²) in [5, 5.41) is 13.1. The van der Waals surface area contributed by atoms with Crippen molar-refractivity contribution in [3.8, 4) is 11.5 Å². The first-order valence-electron chi connectivity index (χ1n) is 4.97. The highest BCUT2D eigenvalue weighted by molar-refractivity contribution is 9.10. The van der Waals surface area contributed by atoms with E-state index in [0.717, 1.165) is 4.47 Å². The van der Waals surface area contributed by atoms with Crippen molar-refractivity contribution in [1.29, 1.82) is 0 Å². The normalized spacial score (nSPS) is 14.6. The second-order valence-electron chi connectivity index (χ2n) is 3.58. The molecule has 0 fully saturated rings. The average molecular weight is 299 g/mol. The summed E-state index contributed by atoms with van der Waals surface area (Å²) < 4.78 is 5.84. The Morgan fingerprint density at radius 3 is 2.82 bits per heavy atom. The summed E-state index contributed by atoms with van der Waals surface area (Å²) in [7, 11) is 0. The second-order valence-corrected chi connectivity index (χ2v) is 4.50. The first kappa shape index (κ1) is 12.2. The van der Waals surface area contributed by atoms with Gasteiger partial charge in [0.1, 0.15) is 11.7 Å². The first-order chi connectivity index (χ1) is 8.08. The minimum absolute atomic E-state index is 0.194. The number of nitrogens with two attached hydrogens (primary N) is 1. The summed E-state index contributed by atoms with van der Waals surface area (Å²) in [4.78, 5) is 8.22. The van der Waals surface area contributed by atoms with Crippen molar-refractivity contribution in [2.75, 3.05) is 0 Å². The van der Waals surface area contributed by atoms with E-state index in [1.165, 1.54) is 0 Å². The van der Waals surface area contributed by atoms with E-state index < -0.39 is 12.1 Å². The summed E-state index contributed by atoms with van der Waals surface area (Å²) in [6, 6.07) is 2.89. The van der Waals surface area contributed by atoms with Crippen molar-refractivity contribution in [2.45, 2.75) is 19.1 Å². The fourth-order valence-corrected chi connectivity index (χ4v) is 1.42. The summed E-state index contributed by atoms with van der Waals surface area (Å²) in [5.41, 5.74) is 6.26. The molecule has 7 heteroatoms. The van der Waals surface area contributed by atoms with Crippen LogP contribution < -0.4 is 5.73 Å². The molecule has 2 aromatic rings. The van der Waals surface area contributed by atoms with Gasteiger partial charge in [-0.3, -0.25) is 4.98 Å². The Labute approximate surface area is 106 Å². The third-order valence-corrected chi connectivity index (χ3v) is 2.67. The zero-order chi connectivity index (χ0) is 12.4. The highest BCUT2D eigenvalue weighted by Gasteiger charge is 2.20. The smallest absolute Gasteiger partial charge is 0.246 e. The lowest BCUT2D eigenvalue weighted by atomic mass is 10.2. The van der Waals surface area contributed by atoms with E-state index in [1.807, 2.05) is 6.07 Å². The van der Waals surface area contributed by atoms with E-state index in [4.69, 9.17) is 10.3 Å². The molecule has 0 saturated carbocycles. The lowest BCUT2D eigenvalue weighted by Gasteiger charge is -2.08. The van der Waals surface area contributed by atoms with Crippen molar-refractivity contribution in [3.05, 3.63) is 28.7 Å². The molecule has 2 atom stereocenters. The fraction of sp³-hybridized carbons (Fsp3) is 0.300. The van der Waals surface area contributed by atoms with Crippen molar-refractivity contribution in [1.82, 2.24) is 15.1 Å². The largest absolute Gasteiger partial charge is 0.391 e. The lowest BCUT2D eigenvalue weighted by molar-refractivity contribution is 0.146. The number of aliphatic hydroxyl groups is 1. The number of aliphatic hydroxyl groups excluding tert-OH is 1. The molecule has 0 aliphatic rings. The van der Waals surface area contributed by atoms with Gasteiger partial charge in [-0.15, -0.1) is 0 Å². The maximum absolute atomic E-state index is 9.32. The van der Waals surface area contributed by atoms with Crippen molar-refractivity contribution in [3.63, 3.8) is 0 Å². The third-order valence-electron chi connectivity index (χ3n) is 2.20. The van der Waals surface area contributed by atoms with Crippen LogP contribution in [0.1, 0.15) is 18.9 Å². The van der Waals surface area contributed by atoms with Crippen LogP contribution in [-0.2, 0) is 0 Å². The van der Waals surface area contributed by atoms with E-state index in [2.05, 4.69) is 31.1 Å². The summed E-state index contributed by atoms with van der Waals surface area (Å²) in [5.74, 6) is 0.545. The van der Waals surface area contributed by atoms with E-state index in [9.17, 15) is 5.11 Å². The molecule has 0 bridgehead atoms. The van der Waals surface area contributed by atoms with Gasteiger partial charge in [0.2, 0.25) is 11.7 Å². The van der Waals surface area contributed by atoms with Gasteiger partial charge in [-0.25, -0.2) is 0 Å². The molecule has 3 N–H and O–H groups in total. The van der Waals surface area contributed by atoms with Gasteiger partial charge in [0, 0.05) is 10.7 Å². The standard InChI is InChI=1S/C10H11BrN4O2/c1-5(16)8(12)10-14-9(15-17-10)7-3-2-6(11)4-13-7/h2-5,8,16H,12H2,1H3. The van der Waals surface area contributed by atoms with Gasteiger partial charge in [-0.1, -0.05) is 5.16 Å². The number of halogens is 1. The van der Waals surface area contributed by atoms with E-state index in [0.29, 0.717) is 11.5 Å². The number of pyridine rings is 1. The summed E-state index contributed by atoms with van der Waals surface area (Å²) in [6.45, 7) is 1.56. The van der Waals surface area contributed by atoms with Crippen LogP contribution in [0.25, 0.3) is 11.5 Å². The van der Waals surface area contributed by atoms with Gasteiger partial charge in [0.15, 0.2) is 0 Å². The van der Waals surface area contributed by atoms with Crippen LogP contribution in [-0.4, -0.2) is 26.3 Å². The quantitative estimate of drug-likeness (QED) is 0.885. The minimum atomic E-state index is -0.749. The molecule has 0 amide bonds. The highest BCUT2D eigenvalue weighted by atomic mass is 79.9. The van der Waals surface area contributed by atoms with Crippen LogP contribution in [0.15, 0.2) is 27.3 Å². The number of rotatable bonds is 3. The molecule has 2 rings (SSSR count). The SMILES string of the molecule is CC(O)C(N)c1nc(-c2ccc(Br)cn2)no1. The molecule has 0 saturated heterocycles. The average Bonchev–Trinajstić information content (AvgIpc) is 2.78. The van der Waals surface area contributed by atoms with Crippen LogP contribution in [0, 0.1) is 0 Å². The van der Waals surface area contributed by atoms with Gasteiger partial charge in [0.05, 0.1) is 6.10 Å².